The fraction of sp³-hybridized carbons (Fsp3) is 0.750. The van der Waals surface area contributed by atoms with Crippen LogP contribution in [-0.2, 0) is 28.1 Å². The van der Waals surface area contributed by atoms with E-state index in [9.17, 15) is 18.0 Å². The van der Waals surface area contributed by atoms with E-state index in [0.29, 0.717) is 0 Å². The van der Waals surface area contributed by atoms with Crippen molar-refractivity contribution in [1.82, 2.24) is 0 Å². The smallest absolute Gasteiger partial charge is 0.303 e. The quantitative estimate of drug-likeness (QED) is 0.515. The highest BCUT2D eigenvalue weighted by atomic mass is 35.7. The van der Waals surface area contributed by atoms with Crippen LogP contribution in [0.3, 0.4) is 0 Å². The van der Waals surface area contributed by atoms with Crippen molar-refractivity contribution in [2.75, 3.05) is 12.4 Å². The Morgan fingerprint density at radius 3 is 2.19 bits per heavy atom. The molecule has 0 bridgehead atoms. The lowest BCUT2D eigenvalue weighted by molar-refractivity contribution is -0.156. The number of esters is 2. The van der Waals surface area contributed by atoms with Crippen molar-refractivity contribution < 1.29 is 27.5 Å². The summed E-state index contributed by atoms with van der Waals surface area (Å²) >= 11 is 0. The summed E-state index contributed by atoms with van der Waals surface area (Å²) in [5.41, 5.74) is 0. The van der Waals surface area contributed by atoms with Crippen LogP contribution in [0.4, 0.5) is 0 Å². The van der Waals surface area contributed by atoms with Crippen LogP contribution >= 0.6 is 10.7 Å². The highest BCUT2D eigenvalue weighted by molar-refractivity contribution is 8.13. The molecule has 94 valence electrons. The molecular weight excluding hydrogens is 260 g/mol. The van der Waals surface area contributed by atoms with Gasteiger partial charge < -0.3 is 9.47 Å². The zero-order valence-corrected chi connectivity index (χ0v) is 10.5. The van der Waals surface area contributed by atoms with E-state index in [1.807, 2.05) is 0 Å². The van der Waals surface area contributed by atoms with Crippen molar-refractivity contribution in [3.05, 3.63) is 0 Å². The molecule has 0 aliphatic carbocycles. The lowest BCUT2D eigenvalue weighted by Crippen LogP contribution is -2.25. The molecule has 0 saturated heterocycles. The van der Waals surface area contributed by atoms with E-state index < -0.39 is 27.1 Å². The van der Waals surface area contributed by atoms with Crippen molar-refractivity contribution >= 4 is 31.7 Å². The van der Waals surface area contributed by atoms with Crippen molar-refractivity contribution in [3.8, 4) is 0 Å². The minimum absolute atomic E-state index is 0.0152. The first-order chi connectivity index (χ1) is 7.20. The van der Waals surface area contributed by atoms with Gasteiger partial charge in [-0.3, -0.25) is 9.59 Å². The zero-order valence-electron chi connectivity index (χ0n) is 8.93. The molecule has 0 amide bonds. The van der Waals surface area contributed by atoms with Crippen molar-refractivity contribution in [1.29, 1.82) is 0 Å². The molecule has 1 unspecified atom stereocenters. The van der Waals surface area contributed by atoms with E-state index in [1.165, 1.54) is 13.8 Å². The molecule has 0 aliphatic rings. The molecular formula is C8H13ClO6S. The van der Waals surface area contributed by atoms with Gasteiger partial charge in [-0.05, 0) is 0 Å². The van der Waals surface area contributed by atoms with Gasteiger partial charge in [-0.15, -0.1) is 0 Å². The van der Waals surface area contributed by atoms with E-state index in [0.717, 1.165) is 0 Å². The summed E-state index contributed by atoms with van der Waals surface area (Å²) in [6, 6.07) is 0. The molecule has 0 N–H and O–H groups in total. The molecule has 16 heavy (non-hydrogen) atoms. The summed E-state index contributed by atoms with van der Waals surface area (Å²) in [4.78, 5) is 21.2. The lowest BCUT2D eigenvalue weighted by Gasteiger charge is -2.15. The van der Waals surface area contributed by atoms with E-state index in [1.54, 1.807) is 0 Å². The summed E-state index contributed by atoms with van der Waals surface area (Å²) in [5.74, 6) is -1.47. The van der Waals surface area contributed by atoms with Gasteiger partial charge >= 0.3 is 11.9 Å². The molecule has 0 heterocycles. The Bertz CT molecular complexity index is 350. The topological polar surface area (TPSA) is 86.7 Å². The maximum absolute atomic E-state index is 10.7. The van der Waals surface area contributed by atoms with Gasteiger partial charge in [0, 0.05) is 31.0 Å². The summed E-state index contributed by atoms with van der Waals surface area (Å²) < 4.78 is 30.7. The number of hydrogen-bond donors (Lipinski definition) is 0. The first kappa shape index (κ1) is 15.2. The Kier molecular flexibility index (Phi) is 6.35. The van der Waals surface area contributed by atoms with Crippen LogP contribution in [0.5, 0.6) is 0 Å². The Labute approximate surface area is 98.3 Å². The monoisotopic (exact) mass is 272 g/mol. The van der Waals surface area contributed by atoms with E-state index >= 15 is 0 Å². The molecule has 6 nitrogen and oxygen atoms in total. The SMILES string of the molecule is CC(=O)OCC(CCS(=O)(=O)Cl)OC(C)=O. The Morgan fingerprint density at radius 1 is 1.25 bits per heavy atom. The third-order valence-electron chi connectivity index (χ3n) is 1.49. The van der Waals surface area contributed by atoms with Gasteiger partial charge in [-0.25, -0.2) is 8.42 Å². The Hall–Kier alpha value is -0.820. The molecule has 8 heteroatoms. The number of rotatable bonds is 6. The molecule has 0 fully saturated rings. The fourth-order valence-corrected chi connectivity index (χ4v) is 1.71. The van der Waals surface area contributed by atoms with Crippen LogP contribution in [-0.4, -0.2) is 38.8 Å². The molecule has 0 aliphatic heterocycles. The van der Waals surface area contributed by atoms with Gasteiger partial charge in [0.1, 0.15) is 12.7 Å². The van der Waals surface area contributed by atoms with Gasteiger partial charge in [0.25, 0.3) is 0 Å². The number of halogens is 1. The van der Waals surface area contributed by atoms with Gasteiger partial charge in [0.2, 0.25) is 9.05 Å². The zero-order chi connectivity index (χ0) is 12.8. The number of carbonyl (C=O) groups excluding carboxylic acids is 2. The van der Waals surface area contributed by atoms with Crippen LogP contribution in [0.15, 0.2) is 0 Å². The first-order valence-electron chi connectivity index (χ1n) is 4.43. The highest BCUT2D eigenvalue weighted by Crippen LogP contribution is 2.06. The number of hydrogen-bond acceptors (Lipinski definition) is 6. The summed E-state index contributed by atoms with van der Waals surface area (Å²) in [6.45, 7) is 2.19. The van der Waals surface area contributed by atoms with Crippen LogP contribution in [0, 0.1) is 0 Å². The van der Waals surface area contributed by atoms with Crippen LogP contribution < -0.4 is 0 Å². The summed E-state index contributed by atoms with van der Waals surface area (Å²) in [7, 11) is 1.35. The molecule has 0 saturated carbocycles. The maximum atomic E-state index is 10.7. The number of carbonyl (C=O) groups is 2. The van der Waals surface area contributed by atoms with Crippen molar-refractivity contribution in [3.63, 3.8) is 0 Å². The third-order valence-corrected chi connectivity index (χ3v) is 2.68. The molecule has 0 spiro atoms. The predicted octanol–water partition coefficient (Wildman–Crippen LogP) is 0.440. The van der Waals surface area contributed by atoms with E-state index in [2.05, 4.69) is 4.74 Å². The van der Waals surface area contributed by atoms with E-state index in [4.69, 9.17) is 15.4 Å². The lowest BCUT2D eigenvalue weighted by atomic mass is 10.3. The second-order valence-electron chi connectivity index (χ2n) is 3.07. The van der Waals surface area contributed by atoms with Crippen molar-refractivity contribution in [2.45, 2.75) is 26.4 Å². The van der Waals surface area contributed by atoms with Gasteiger partial charge in [-0.2, -0.15) is 0 Å². The molecule has 0 aromatic carbocycles. The Balaban J connectivity index is 4.20. The molecule has 1 atom stereocenters. The van der Waals surface area contributed by atoms with Crippen LogP contribution in [0.1, 0.15) is 20.3 Å². The van der Waals surface area contributed by atoms with Gasteiger partial charge in [0.15, 0.2) is 0 Å². The second kappa shape index (κ2) is 6.70. The predicted molar refractivity (Wildman–Crippen MR) is 56.4 cm³/mol. The van der Waals surface area contributed by atoms with E-state index in [-0.39, 0.29) is 18.8 Å². The molecule has 0 aromatic rings. The minimum atomic E-state index is -3.65. The van der Waals surface area contributed by atoms with Gasteiger partial charge in [0.05, 0.1) is 5.75 Å². The first-order valence-corrected chi connectivity index (χ1v) is 6.91. The normalized spacial score (nSPS) is 12.9. The van der Waals surface area contributed by atoms with Gasteiger partial charge in [-0.1, -0.05) is 0 Å². The standard InChI is InChI=1S/C8H13ClO6S/c1-6(10)14-5-8(15-7(2)11)3-4-16(9,12)13/h8H,3-5H2,1-2H3. The third kappa shape index (κ3) is 9.72. The average molecular weight is 273 g/mol. The molecule has 0 rings (SSSR count). The summed E-state index contributed by atoms with van der Waals surface area (Å²) in [6.07, 6.45) is -0.812. The number of ether oxygens (including phenoxy) is 2. The highest BCUT2D eigenvalue weighted by Gasteiger charge is 2.17. The summed E-state index contributed by atoms with van der Waals surface area (Å²) in [5, 5.41) is 0. The Morgan fingerprint density at radius 2 is 1.81 bits per heavy atom. The minimum Gasteiger partial charge on any atom is -0.462 e. The van der Waals surface area contributed by atoms with Crippen LogP contribution in [0.2, 0.25) is 0 Å². The average Bonchev–Trinajstić information content (AvgIpc) is 2.07. The largest absolute Gasteiger partial charge is 0.462 e. The van der Waals surface area contributed by atoms with Crippen molar-refractivity contribution in [2.24, 2.45) is 0 Å². The fourth-order valence-electron chi connectivity index (χ4n) is 0.894. The molecule has 0 aromatic heterocycles. The second-order valence-corrected chi connectivity index (χ2v) is 5.96. The molecule has 0 radical (unpaired) electrons. The maximum Gasteiger partial charge on any atom is 0.303 e. The van der Waals surface area contributed by atoms with Crippen LogP contribution in [0.25, 0.3) is 0 Å².